The minimum atomic E-state index is -0.444. The van der Waals surface area contributed by atoms with Gasteiger partial charge in [-0.05, 0) is 31.2 Å². The van der Waals surface area contributed by atoms with E-state index in [2.05, 4.69) is 0 Å². The number of carbonyl (C=O) groups excluding carboxylic acids is 1. The second kappa shape index (κ2) is 7.09. The molecule has 21 heavy (non-hydrogen) atoms. The van der Waals surface area contributed by atoms with Gasteiger partial charge in [0, 0.05) is 5.56 Å². The van der Waals surface area contributed by atoms with Gasteiger partial charge in [-0.15, -0.1) is 0 Å². The SMILES string of the molecule is CCOC(=O)c1ccc(OCc2ccccc2F)c(Cl)c1. The number of carbonyl (C=O) groups is 1. The highest BCUT2D eigenvalue weighted by molar-refractivity contribution is 6.32. The largest absolute Gasteiger partial charge is 0.487 e. The van der Waals surface area contributed by atoms with Crippen molar-refractivity contribution in [2.45, 2.75) is 13.5 Å². The predicted octanol–water partition coefficient (Wildman–Crippen LogP) is 4.23. The van der Waals surface area contributed by atoms with Gasteiger partial charge in [0.25, 0.3) is 0 Å². The third-order valence-electron chi connectivity index (χ3n) is 2.78. The van der Waals surface area contributed by atoms with Gasteiger partial charge in [-0.1, -0.05) is 29.8 Å². The normalized spacial score (nSPS) is 10.2. The van der Waals surface area contributed by atoms with Crippen LogP contribution in [0.2, 0.25) is 5.02 Å². The van der Waals surface area contributed by atoms with Crippen molar-refractivity contribution in [2.75, 3.05) is 6.61 Å². The lowest BCUT2D eigenvalue weighted by Crippen LogP contribution is -2.05. The number of ether oxygens (including phenoxy) is 2. The molecule has 0 N–H and O–H groups in total. The molecule has 2 rings (SSSR count). The van der Waals surface area contributed by atoms with Crippen molar-refractivity contribution in [3.05, 3.63) is 64.4 Å². The minimum Gasteiger partial charge on any atom is -0.487 e. The van der Waals surface area contributed by atoms with Gasteiger partial charge in [0.2, 0.25) is 0 Å². The summed E-state index contributed by atoms with van der Waals surface area (Å²) in [5.74, 6) is -0.398. The fraction of sp³-hybridized carbons (Fsp3) is 0.188. The van der Waals surface area contributed by atoms with Gasteiger partial charge in [0.15, 0.2) is 0 Å². The van der Waals surface area contributed by atoms with Crippen molar-refractivity contribution in [2.24, 2.45) is 0 Å². The van der Waals surface area contributed by atoms with Gasteiger partial charge in [0.05, 0.1) is 17.2 Å². The molecule has 0 saturated carbocycles. The van der Waals surface area contributed by atoms with E-state index >= 15 is 0 Å². The van der Waals surface area contributed by atoms with E-state index in [0.29, 0.717) is 23.5 Å². The Kier molecular flexibility index (Phi) is 5.17. The molecular formula is C16H14ClFO3. The average Bonchev–Trinajstić information content (AvgIpc) is 2.47. The van der Waals surface area contributed by atoms with E-state index in [1.807, 2.05) is 0 Å². The number of hydrogen-bond donors (Lipinski definition) is 0. The maximum atomic E-state index is 13.5. The lowest BCUT2D eigenvalue weighted by atomic mass is 10.2. The van der Waals surface area contributed by atoms with Crippen LogP contribution in [-0.2, 0) is 11.3 Å². The van der Waals surface area contributed by atoms with E-state index < -0.39 is 5.97 Å². The van der Waals surface area contributed by atoms with E-state index in [1.165, 1.54) is 12.1 Å². The van der Waals surface area contributed by atoms with Crippen molar-refractivity contribution < 1.29 is 18.7 Å². The molecule has 0 saturated heterocycles. The zero-order valence-electron chi connectivity index (χ0n) is 11.4. The van der Waals surface area contributed by atoms with Gasteiger partial charge >= 0.3 is 5.97 Å². The van der Waals surface area contributed by atoms with Gasteiger partial charge in [-0.3, -0.25) is 0 Å². The summed E-state index contributed by atoms with van der Waals surface area (Å²) in [5, 5.41) is 0.275. The first-order chi connectivity index (χ1) is 10.1. The summed E-state index contributed by atoms with van der Waals surface area (Å²) in [5.41, 5.74) is 0.781. The molecule has 2 aromatic rings. The minimum absolute atomic E-state index is 0.0607. The molecule has 5 heteroatoms. The van der Waals surface area contributed by atoms with Crippen LogP contribution in [0.15, 0.2) is 42.5 Å². The maximum Gasteiger partial charge on any atom is 0.338 e. The Labute approximate surface area is 127 Å². The Morgan fingerprint density at radius 3 is 2.67 bits per heavy atom. The molecule has 0 aliphatic heterocycles. The van der Waals surface area contributed by atoms with Crippen LogP contribution >= 0.6 is 11.6 Å². The highest BCUT2D eigenvalue weighted by Crippen LogP contribution is 2.27. The molecule has 0 spiro atoms. The molecule has 0 aliphatic rings. The molecular weight excluding hydrogens is 295 g/mol. The first-order valence-electron chi connectivity index (χ1n) is 6.44. The zero-order valence-corrected chi connectivity index (χ0v) is 12.2. The third kappa shape index (κ3) is 3.95. The van der Waals surface area contributed by atoms with E-state index in [0.717, 1.165) is 0 Å². The summed E-state index contributed by atoms with van der Waals surface area (Å²) in [4.78, 5) is 11.6. The molecule has 0 radical (unpaired) electrons. The molecule has 0 amide bonds. The van der Waals surface area contributed by atoms with Crippen LogP contribution in [-0.4, -0.2) is 12.6 Å². The van der Waals surface area contributed by atoms with Crippen molar-refractivity contribution in [1.29, 1.82) is 0 Å². The molecule has 0 bridgehead atoms. The monoisotopic (exact) mass is 308 g/mol. The van der Waals surface area contributed by atoms with Crippen LogP contribution in [0.1, 0.15) is 22.8 Å². The fourth-order valence-electron chi connectivity index (χ4n) is 1.73. The van der Waals surface area contributed by atoms with Gasteiger partial charge in [-0.25, -0.2) is 9.18 Å². The smallest absolute Gasteiger partial charge is 0.338 e. The summed E-state index contributed by atoms with van der Waals surface area (Å²) in [6.07, 6.45) is 0. The molecule has 0 heterocycles. The first kappa shape index (κ1) is 15.3. The Balaban J connectivity index is 2.08. The van der Waals surface area contributed by atoms with Crippen molar-refractivity contribution in [3.8, 4) is 5.75 Å². The Morgan fingerprint density at radius 1 is 1.24 bits per heavy atom. The second-order valence-electron chi connectivity index (χ2n) is 4.25. The highest BCUT2D eigenvalue weighted by Gasteiger charge is 2.11. The van der Waals surface area contributed by atoms with Gasteiger partial charge in [-0.2, -0.15) is 0 Å². The molecule has 0 atom stereocenters. The van der Waals surface area contributed by atoms with E-state index in [9.17, 15) is 9.18 Å². The van der Waals surface area contributed by atoms with E-state index in [1.54, 1.807) is 37.3 Å². The number of halogens is 2. The summed E-state index contributed by atoms with van der Waals surface area (Å²) in [6, 6.07) is 10.9. The van der Waals surface area contributed by atoms with Crippen LogP contribution < -0.4 is 4.74 Å². The first-order valence-corrected chi connectivity index (χ1v) is 6.82. The van der Waals surface area contributed by atoms with Crippen LogP contribution in [0.25, 0.3) is 0 Å². The summed E-state index contributed by atoms with van der Waals surface area (Å²) < 4.78 is 23.8. The fourth-order valence-corrected chi connectivity index (χ4v) is 1.97. The third-order valence-corrected chi connectivity index (χ3v) is 3.08. The molecule has 0 unspecified atom stereocenters. The topological polar surface area (TPSA) is 35.5 Å². The number of rotatable bonds is 5. The lowest BCUT2D eigenvalue weighted by molar-refractivity contribution is 0.0526. The number of hydrogen-bond acceptors (Lipinski definition) is 3. The summed E-state index contributed by atoms with van der Waals surface area (Å²) >= 11 is 6.05. The Morgan fingerprint density at radius 2 is 2.00 bits per heavy atom. The number of benzene rings is 2. The number of esters is 1. The average molecular weight is 309 g/mol. The van der Waals surface area contributed by atoms with Crippen LogP contribution in [0, 0.1) is 5.82 Å². The van der Waals surface area contributed by atoms with Crippen LogP contribution in [0.4, 0.5) is 4.39 Å². The Hall–Kier alpha value is -2.07. The quantitative estimate of drug-likeness (QED) is 0.775. The van der Waals surface area contributed by atoms with Gasteiger partial charge in [0.1, 0.15) is 18.2 Å². The van der Waals surface area contributed by atoms with Gasteiger partial charge < -0.3 is 9.47 Å². The van der Waals surface area contributed by atoms with Crippen molar-refractivity contribution in [3.63, 3.8) is 0 Å². The highest BCUT2D eigenvalue weighted by atomic mass is 35.5. The van der Waals surface area contributed by atoms with Crippen molar-refractivity contribution >= 4 is 17.6 Å². The molecule has 3 nitrogen and oxygen atoms in total. The van der Waals surface area contributed by atoms with E-state index in [4.69, 9.17) is 21.1 Å². The predicted molar refractivity (Wildman–Crippen MR) is 78.1 cm³/mol. The summed E-state index contributed by atoms with van der Waals surface area (Å²) in [7, 11) is 0. The maximum absolute atomic E-state index is 13.5. The van der Waals surface area contributed by atoms with E-state index in [-0.39, 0.29) is 17.4 Å². The lowest BCUT2D eigenvalue weighted by Gasteiger charge is -2.10. The second-order valence-corrected chi connectivity index (χ2v) is 4.65. The molecule has 0 fully saturated rings. The standard InChI is InChI=1S/C16H14ClFO3/c1-2-20-16(19)11-7-8-15(13(17)9-11)21-10-12-5-3-4-6-14(12)18/h3-9H,2,10H2,1H3. The zero-order chi connectivity index (χ0) is 15.2. The molecule has 2 aromatic carbocycles. The molecule has 0 aromatic heterocycles. The Bertz CT molecular complexity index is 643. The molecule has 0 aliphatic carbocycles. The van der Waals surface area contributed by atoms with Crippen LogP contribution in [0.5, 0.6) is 5.75 Å². The van der Waals surface area contributed by atoms with Crippen molar-refractivity contribution in [1.82, 2.24) is 0 Å². The summed E-state index contributed by atoms with van der Waals surface area (Å²) in [6.45, 7) is 2.08. The molecule has 110 valence electrons. The van der Waals surface area contributed by atoms with Crippen LogP contribution in [0.3, 0.4) is 0 Å².